The molecule has 0 radical (unpaired) electrons. The molecule has 0 fully saturated rings. The van der Waals surface area contributed by atoms with Gasteiger partial charge in [-0.3, -0.25) is 0 Å². The van der Waals surface area contributed by atoms with Gasteiger partial charge >= 0.3 is 0 Å². The zero-order valence-corrected chi connectivity index (χ0v) is 12.8. The Hall–Kier alpha value is -1.48. The number of hydrogen-bond acceptors (Lipinski definition) is 2. The fourth-order valence-electron chi connectivity index (χ4n) is 2.07. The molecule has 0 aliphatic rings. The maximum atomic E-state index is 5.33. The molecular weight excluding hydrogens is 252 g/mol. The van der Waals surface area contributed by atoms with Gasteiger partial charge in [-0.1, -0.05) is 57.3 Å². The van der Waals surface area contributed by atoms with Crippen LogP contribution in [0.3, 0.4) is 0 Å². The average Bonchev–Trinajstić information content (AvgIpc) is 2.41. The minimum absolute atomic E-state index is 0.553. The summed E-state index contributed by atoms with van der Waals surface area (Å²) in [7, 11) is 0. The van der Waals surface area contributed by atoms with Gasteiger partial charge in [-0.2, -0.15) is 0 Å². The van der Waals surface area contributed by atoms with Crippen molar-refractivity contribution in [2.75, 3.05) is 0 Å². The van der Waals surface area contributed by atoms with E-state index in [-0.39, 0.29) is 0 Å². The van der Waals surface area contributed by atoms with E-state index in [0.29, 0.717) is 10.6 Å². The Balaban J connectivity index is 2.52. The van der Waals surface area contributed by atoms with E-state index in [9.17, 15) is 0 Å². The van der Waals surface area contributed by atoms with E-state index < -0.39 is 0 Å². The van der Waals surface area contributed by atoms with Gasteiger partial charge in [-0.05, 0) is 24.0 Å². The van der Waals surface area contributed by atoms with Crippen LogP contribution in [0.1, 0.15) is 43.6 Å². The highest BCUT2D eigenvalue weighted by Gasteiger charge is 2.07. The lowest BCUT2D eigenvalue weighted by atomic mass is 10.00. The largest absolute Gasteiger partial charge is 0.343 e. The van der Waals surface area contributed by atoms with Crippen LogP contribution in [-0.2, 0) is 6.42 Å². The number of nitrogens with one attached hydrogen (secondary N) is 1. The van der Waals surface area contributed by atoms with Gasteiger partial charge in [0, 0.05) is 12.0 Å². The van der Waals surface area contributed by atoms with Crippen LogP contribution in [-0.4, -0.2) is 9.97 Å². The standard InChI is InChI=1S/C16H20N2S/c1-5-14-17-15(11(4)16(19)18-14)13-8-6-12(7-9-13)10(2)3/h6-10H,5H2,1-4H3,(H,17,18,19). The lowest BCUT2D eigenvalue weighted by Crippen LogP contribution is -1.99. The Kier molecular flexibility index (Phi) is 4.15. The van der Waals surface area contributed by atoms with Crippen molar-refractivity contribution in [1.82, 2.24) is 9.97 Å². The van der Waals surface area contributed by atoms with Gasteiger partial charge in [0.2, 0.25) is 0 Å². The average molecular weight is 272 g/mol. The summed E-state index contributed by atoms with van der Waals surface area (Å²) in [4.78, 5) is 7.77. The number of H-pyrrole nitrogens is 1. The van der Waals surface area contributed by atoms with Crippen molar-refractivity contribution in [2.45, 2.75) is 40.0 Å². The summed E-state index contributed by atoms with van der Waals surface area (Å²) in [6.07, 6.45) is 0.862. The molecule has 0 atom stereocenters. The van der Waals surface area contributed by atoms with Gasteiger partial charge in [-0.25, -0.2) is 4.98 Å². The van der Waals surface area contributed by atoms with Crippen LogP contribution in [0.25, 0.3) is 11.3 Å². The van der Waals surface area contributed by atoms with Crippen LogP contribution in [0, 0.1) is 11.6 Å². The fourth-order valence-corrected chi connectivity index (χ4v) is 2.28. The highest BCUT2D eigenvalue weighted by Crippen LogP contribution is 2.24. The van der Waals surface area contributed by atoms with Gasteiger partial charge in [-0.15, -0.1) is 0 Å². The van der Waals surface area contributed by atoms with Crippen LogP contribution in [0.5, 0.6) is 0 Å². The number of benzene rings is 1. The third kappa shape index (κ3) is 2.92. The van der Waals surface area contributed by atoms with Gasteiger partial charge in [0.05, 0.1) is 5.69 Å². The van der Waals surface area contributed by atoms with Crippen molar-refractivity contribution < 1.29 is 0 Å². The summed E-state index contributed by atoms with van der Waals surface area (Å²) in [5.74, 6) is 1.50. The lowest BCUT2D eigenvalue weighted by molar-refractivity contribution is 0.866. The molecule has 100 valence electrons. The number of nitrogens with zero attached hydrogens (tertiary/aromatic N) is 1. The molecule has 0 bridgehead atoms. The summed E-state index contributed by atoms with van der Waals surface area (Å²) in [6.45, 7) is 8.51. The number of aromatic nitrogens is 2. The van der Waals surface area contributed by atoms with E-state index in [0.717, 1.165) is 23.5 Å². The normalized spacial score (nSPS) is 11.0. The first-order chi connectivity index (χ1) is 9.02. The molecule has 2 nitrogen and oxygen atoms in total. The van der Waals surface area contributed by atoms with Crippen molar-refractivity contribution in [3.05, 3.63) is 45.9 Å². The second-order valence-electron chi connectivity index (χ2n) is 5.12. The highest BCUT2D eigenvalue weighted by molar-refractivity contribution is 7.71. The van der Waals surface area contributed by atoms with Crippen LogP contribution >= 0.6 is 12.2 Å². The lowest BCUT2D eigenvalue weighted by Gasteiger charge is -2.11. The smallest absolute Gasteiger partial charge is 0.133 e. The predicted molar refractivity (Wildman–Crippen MR) is 83.1 cm³/mol. The summed E-state index contributed by atoms with van der Waals surface area (Å²) in [5.41, 5.74) is 4.66. The van der Waals surface area contributed by atoms with Crippen molar-refractivity contribution >= 4 is 12.2 Å². The van der Waals surface area contributed by atoms with E-state index >= 15 is 0 Å². The molecule has 0 saturated carbocycles. The Morgan fingerprint density at radius 2 is 1.84 bits per heavy atom. The van der Waals surface area contributed by atoms with Crippen LogP contribution in [0.15, 0.2) is 24.3 Å². The molecule has 1 N–H and O–H groups in total. The van der Waals surface area contributed by atoms with Crippen molar-refractivity contribution in [2.24, 2.45) is 0 Å². The zero-order valence-electron chi connectivity index (χ0n) is 11.9. The Labute approximate surface area is 119 Å². The number of aryl methyl sites for hydroxylation is 1. The summed E-state index contributed by atoms with van der Waals surface area (Å²) in [6, 6.07) is 8.68. The number of aromatic amines is 1. The molecule has 0 saturated heterocycles. The minimum Gasteiger partial charge on any atom is -0.343 e. The molecule has 0 amide bonds. The Morgan fingerprint density at radius 1 is 1.21 bits per heavy atom. The van der Waals surface area contributed by atoms with E-state index in [4.69, 9.17) is 12.2 Å². The number of rotatable bonds is 3. The van der Waals surface area contributed by atoms with Crippen molar-refractivity contribution in [3.8, 4) is 11.3 Å². The van der Waals surface area contributed by atoms with Gasteiger partial charge in [0.15, 0.2) is 0 Å². The van der Waals surface area contributed by atoms with Crippen LogP contribution in [0.2, 0.25) is 0 Å². The third-order valence-corrected chi connectivity index (χ3v) is 3.80. The maximum Gasteiger partial charge on any atom is 0.133 e. The molecule has 0 spiro atoms. The van der Waals surface area contributed by atoms with E-state index in [1.54, 1.807) is 0 Å². The highest BCUT2D eigenvalue weighted by atomic mass is 32.1. The molecule has 19 heavy (non-hydrogen) atoms. The molecule has 2 aromatic rings. The first-order valence-corrected chi connectivity index (χ1v) is 7.13. The third-order valence-electron chi connectivity index (χ3n) is 3.40. The summed E-state index contributed by atoms with van der Waals surface area (Å²) < 4.78 is 0.693. The van der Waals surface area contributed by atoms with Gasteiger partial charge in [0.1, 0.15) is 10.5 Å². The summed E-state index contributed by atoms with van der Waals surface area (Å²) >= 11 is 5.33. The van der Waals surface area contributed by atoms with E-state index in [1.807, 2.05) is 6.92 Å². The fraction of sp³-hybridized carbons (Fsp3) is 0.375. The van der Waals surface area contributed by atoms with Gasteiger partial charge < -0.3 is 4.98 Å². The molecule has 0 aliphatic carbocycles. The predicted octanol–water partition coefficient (Wildman–Crippen LogP) is 4.80. The van der Waals surface area contributed by atoms with E-state index in [2.05, 4.69) is 55.0 Å². The first kappa shape index (κ1) is 13.9. The second-order valence-corrected chi connectivity index (χ2v) is 5.51. The maximum absolute atomic E-state index is 5.33. The Morgan fingerprint density at radius 3 is 2.37 bits per heavy atom. The summed E-state index contributed by atoms with van der Waals surface area (Å²) in [5, 5.41) is 0. The van der Waals surface area contributed by atoms with Crippen molar-refractivity contribution in [3.63, 3.8) is 0 Å². The molecule has 1 heterocycles. The van der Waals surface area contributed by atoms with E-state index in [1.165, 1.54) is 11.1 Å². The molecule has 0 unspecified atom stereocenters. The molecule has 3 heteroatoms. The first-order valence-electron chi connectivity index (χ1n) is 6.73. The number of hydrogen-bond donors (Lipinski definition) is 1. The Bertz CT molecular complexity index is 624. The minimum atomic E-state index is 0.553. The zero-order chi connectivity index (χ0) is 14.0. The molecule has 1 aromatic carbocycles. The van der Waals surface area contributed by atoms with Crippen LogP contribution < -0.4 is 0 Å². The quantitative estimate of drug-likeness (QED) is 0.813. The monoisotopic (exact) mass is 272 g/mol. The molecule has 2 rings (SSSR count). The molecule has 0 aliphatic heterocycles. The second kappa shape index (κ2) is 5.66. The van der Waals surface area contributed by atoms with Gasteiger partial charge in [0.25, 0.3) is 0 Å². The SMILES string of the molecule is CCc1nc(=S)c(C)c(-c2ccc(C(C)C)cc2)[nH]1. The molecule has 1 aromatic heterocycles. The van der Waals surface area contributed by atoms with Crippen LogP contribution in [0.4, 0.5) is 0 Å². The van der Waals surface area contributed by atoms with Crippen molar-refractivity contribution in [1.29, 1.82) is 0 Å². The topological polar surface area (TPSA) is 28.7 Å². The molecular formula is C16H20N2S.